The van der Waals surface area contributed by atoms with E-state index in [-0.39, 0.29) is 17.9 Å². The summed E-state index contributed by atoms with van der Waals surface area (Å²) in [6.07, 6.45) is 4.18. The van der Waals surface area contributed by atoms with Gasteiger partial charge in [0.05, 0.1) is 6.04 Å². The summed E-state index contributed by atoms with van der Waals surface area (Å²) in [5.41, 5.74) is 0. The van der Waals surface area contributed by atoms with Gasteiger partial charge >= 0.3 is 0 Å². The Morgan fingerprint density at radius 2 is 2.26 bits per heavy atom. The molecule has 0 spiro atoms. The molecule has 1 aromatic heterocycles. The zero-order chi connectivity index (χ0) is 13.2. The highest BCUT2D eigenvalue weighted by atomic mass is 16.2. The van der Waals surface area contributed by atoms with Crippen molar-refractivity contribution in [3.63, 3.8) is 0 Å². The van der Waals surface area contributed by atoms with Crippen LogP contribution in [0.3, 0.4) is 0 Å². The molecule has 0 radical (unpaired) electrons. The van der Waals surface area contributed by atoms with Gasteiger partial charge in [0.1, 0.15) is 5.82 Å². The fraction of sp³-hybridized carbons (Fsp3) is 0.769. The Hall–Kier alpha value is -1.43. The molecular formula is C13H21N5O. The number of nitrogens with one attached hydrogen (secondary N) is 2. The predicted octanol–water partition coefficient (Wildman–Crippen LogP) is 0.571. The van der Waals surface area contributed by atoms with E-state index < -0.39 is 0 Å². The van der Waals surface area contributed by atoms with E-state index in [1.165, 1.54) is 0 Å². The zero-order valence-electron chi connectivity index (χ0n) is 11.4. The zero-order valence-corrected chi connectivity index (χ0v) is 11.4. The minimum atomic E-state index is 0.0348. The topological polar surface area (TPSA) is 73.9 Å². The summed E-state index contributed by atoms with van der Waals surface area (Å²) in [5, 5.41) is 10.4. The molecule has 1 aromatic rings. The van der Waals surface area contributed by atoms with Gasteiger partial charge in [-0.05, 0) is 39.2 Å². The lowest BCUT2D eigenvalue weighted by atomic mass is 9.96. The fourth-order valence-electron chi connectivity index (χ4n) is 3.05. The highest BCUT2D eigenvalue weighted by Gasteiger charge is 2.31. The molecule has 2 unspecified atom stereocenters. The van der Waals surface area contributed by atoms with E-state index in [0.29, 0.717) is 0 Å². The Bertz CT molecular complexity index is 452. The van der Waals surface area contributed by atoms with Crippen LogP contribution in [0.15, 0.2) is 0 Å². The molecular weight excluding hydrogens is 242 g/mol. The van der Waals surface area contributed by atoms with Crippen molar-refractivity contribution in [3.05, 3.63) is 11.6 Å². The molecule has 104 valence electrons. The van der Waals surface area contributed by atoms with E-state index in [4.69, 9.17) is 0 Å². The largest absolute Gasteiger partial charge is 0.341 e. The number of piperidine rings is 1. The lowest BCUT2D eigenvalue weighted by Crippen LogP contribution is -2.47. The first kappa shape index (κ1) is 12.6. The number of aromatic nitrogens is 3. The van der Waals surface area contributed by atoms with Crippen LogP contribution in [0.5, 0.6) is 0 Å². The molecule has 6 heteroatoms. The normalized spacial score (nSPS) is 27.7. The molecule has 0 bridgehead atoms. The number of rotatable bonds is 2. The van der Waals surface area contributed by atoms with Crippen LogP contribution < -0.4 is 5.32 Å². The average molecular weight is 263 g/mol. The predicted molar refractivity (Wildman–Crippen MR) is 70.7 cm³/mol. The summed E-state index contributed by atoms with van der Waals surface area (Å²) in [5.74, 6) is 2.24. The minimum absolute atomic E-state index is 0.0348. The van der Waals surface area contributed by atoms with E-state index in [2.05, 4.69) is 20.5 Å². The first-order chi connectivity index (χ1) is 9.24. The molecule has 0 aromatic carbocycles. The van der Waals surface area contributed by atoms with Crippen molar-refractivity contribution < 1.29 is 4.79 Å². The smallest absolute Gasteiger partial charge is 0.239 e. The summed E-state index contributed by atoms with van der Waals surface area (Å²) in [7, 11) is 0. The fourth-order valence-corrected chi connectivity index (χ4v) is 3.05. The van der Waals surface area contributed by atoms with Gasteiger partial charge in [-0.3, -0.25) is 9.89 Å². The summed E-state index contributed by atoms with van der Waals surface area (Å²) in [6, 6.07) is 0.0348. The van der Waals surface area contributed by atoms with Crippen LogP contribution in [0.2, 0.25) is 0 Å². The Morgan fingerprint density at radius 1 is 1.37 bits per heavy atom. The van der Waals surface area contributed by atoms with Gasteiger partial charge in [-0.25, -0.2) is 4.98 Å². The Morgan fingerprint density at radius 3 is 2.95 bits per heavy atom. The third-order valence-corrected chi connectivity index (χ3v) is 4.07. The van der Waals surface area contributed by atoms with Gasteiger partial charge in [-0.15, -0.1) is 0 Å². The molecule has 0 saturated carbocycles. The summed E-state index contributed by atoms with van der Waals surface area (Å²) in [4.78, 5) is 18.8. The van der Waals surface area contributed by atoms with Gasteiger partial charge in [0.2, 0.25) is 5.91 Å². The highest BCUT2D eigenvalue weighted by molar-refractivity contribution is 5.82. The van der Waals surface area contributed by atoms with E-state index in [0.717, 1.165) is 57.0 Å². The van der Waals surface area contributed by atoms with Crippen molar-refractivity contribution in [1.29, 1.82) is 0 Å². The lowest BCUT2D eigenvalue weighted by molar-refractivity contribution is -0.134. The van der Waals surface area contributed by atoms with E-state index >= 15 is 0 Å². The third kappa shape index (κ3) is 2.63. The maximum atomic E-state index is 12.4. The lowest BCUT2D eigenvalue weighted by Gasteiger charge is -2.33. The molecule has 6 nitrogen and oxygen atoms in total. The molecule has 2 atom stereocenters. The van der Waals surface area contributed by atoms with Crippen molar-refractivity contribution in [2.24, 2.45) is 0 Å². The van der Waals surface area contributed by atoms with Gasteiger partial charge < -0.3 is 10.2 Å². The number of aromatic amines is 1. The number of nitrogens with zero attached hydrogens (tertiary/aromatic N) is 3. The molecule has 1 amide bonds. The first-order valence-corrected chi connectivity index (χ1v) is 7.15. The second-order valence-corrected chi connectivity index (χ2v) is 5.55. The summed E-state index contributed by atoms with van der Waals surface area (Å²) in [6.45, 7) is 4.50. The van der Waals surface area contributed by atoms with Crippen LogP contribution in [-0.2, 0) is 4.79 Å². The number of likely N-dealkylation sites (tertiary alicyclic amines) is 1. The standard InChI is InChI=1S/C13H21N5O/c1-9-15-12(17-16-9)10-4-3-7-18(8-10)13(19)11-5-2-6-14-11/h10-11,14H,2-8H2,1H3,(H,15,16,17). The number of H-pyrrole nitrogens is 1. The molecule has 2 fully saturated rings. The van der Waals surface area contributed by atoms with Gasteiger partial charge in [0.15, 0.2) is 5.82 Å². The maximum absolute atomic E-state index is 12.4. The number of hydrogen-bond acceptors (Lipinski definition) is 4. The van der Waals surface area contributed by atoms with E-state index in [1.54, 1.807) is 0 Å². The van der Waals surface area contributed by atoms with Gasteiger partial charge in [0.25, 0.3) is 0 Å². The molecule has 19 heavy (non-hydrogen) atoms. The van der Waals surface area contributed by atoms with Crippen molar-refractivity contribution in [1.82, 2.24) is 25.4 Å². The maximum Gasteiger partial charge on any atom is 0.239 e. The van der Waals surface area contributed by atoms with Gasteiger partial charge in [-0.1, -0.05) is 0 Å². The molecule has 3 heterocycles. The van der Waals surface area contributed by atoms with Gasteiger partial charge in [-0.2, -0.15) is 5.10 Å². The van der Waals surface area contributed by atoms with Crippen molar-refractivity contribution in [2.75, 3.05) is 19.6 Å². The molecule has 2 N–H and O–H groups in total. The second-order valence-electron chi connectivity index (χ2n) is 5.55. The number of carbonyl (C=O) groups excluding carboxylic acids is 1. The average Bonchev–Trinajstić information content (AvgIpc) is 3.09. The van der Waals surface area contributed by atoms with Crippen molar-refractivity contribution in [3.8, 4) is 0 Å². The number of amides is 1. The highest BCUT2D eigenvalue weighted by Crippen LogP contribution is 2.25. The first-order valence-electron chi connectivity index (χ1n) is 7.15. The minimum Gasteiger partial charge on any atom is -0.341 e. The van der Waals surface area contributed by atoms with Crippen LogP contribution in [-0.4, -0.2) is 51.7 Å². The number of hydrogen-bond donors (Lipinski definition) is 2. The van der Waals surface area contributed by atoms with Crippen LogP contribution in [0, 0.1) is 6.92 Å². The van der Waals surface area contributed by atoms with Crippen LogP contribution in [0.1, 0.15) is 43.3 Å². The third-order valence-electron chi connectivity index (χ3n) is 4.07. The molecule has 0 aliphatic carbocycles. The summed E-state index contributed by atoms with van der Waals surface area (Å²) >= 11 is 0. The van der Waals surface area contributed by atoms with E-state index in [1.807, 2.05) is 11.8 Å². The monoisotopic (exact) mass is 263 g/mol. The molecule has 3 rings (SSSR count). The number of carbonyl (C=O) groups is 1. The summed E-state index contributed by atoms with van der Waals surface area (Å²) < 4.78 is 0. The van der Waals surface area contributed by atoms with Crippen LogP contribution in [0.4, 0.5) is 0 Å². The van der Waals surface area contributed by atoms with Crippen molar-refractivity contribution in [2.45, 2.75) is 44.6 Å². The molecule has 2 saturated heterocycles. The van der Waals surface area contributed by atoms with Crippen LogP contribution in [0.25, 0.3) is 0 Å². The Kier molecular flexibility index (Phi) is 3.50. The Balaban J connectivity index is 1.65. The SMILES string of the molecule is Cc1nc(C2CCCN(C(=O)C3CCCN3)C2)n[nH]1. The Labute approximate surface area is 113 Å². The van der Waals surface area contributed by atoms with Crippen LogP contribution >= 0.6 is 0 Å². The van der Waals surface area contributed by atoms with Crippen molar-refractivity contribution >= 4 is 5.91 Å². The quantitative estimate of drug-likeness (QED) is 0.818. The van der Waals surface area contributed by atoms with E-state index in [9.17, 15) is 4.79 Å². The molecule has 2 aliphatic heterocycles. The van der Waals surface area contributed by atoms with Gasteiger partial charge in [0, 0.05) is 19.0 Å². The molecule has 2 aliphatic rings. The number of aryl methyl sites for hydroxylation is 1. The second kappa shape index (κ2) is 5.28.